The third kappa shape index (κ3) is 3.38. The van der Waals surface area contributed by atoms with Crippen molar-refractivity contribution in [3.8, 4) is 0 Å². The summed E-state index contributed by atoms with van der Waals surface area (Å²) in [6.45, 7) is 0.0403. The zero-order valence-corrected chi connectivity index (χ0v) is 12.2. The van der Waals surface area contributed by atoms with Gasteiger partial charge in [-0.2, -0.15) is 0 Å². The van der Waals surface area contributed by atoms with Gasteiger partial charge in [0.1, 0.15) is 0 Å². The van der Waals surface area contributed by atoms with Gasteiger partial charge < -0.3 is 9.84 Å². The highest BCUT2D eigenvalue weighted by Gasteiger charge is 2.20. The Hall–Kier alpha value is -2.53. The van der Waals surface area contributed by atoms with Gasteiger partial charge in [-0.15, -0.1) is 5.10 Å². The third-order valence-corrected chi connectivity index (χ3v) is 3.64. The van der Waals surface area contributed by atoms with Gasteiger partial charge in [0.2, 0.25) is 5.16 Å². The van der Waals surface area contributed by atoms with E-state index in [1.165, 1.54) is 23.9 Å². The van der Waals surface area contributed by atoms with Crippen molar-refractivity contribution in [2.24, 2.45) is 0 Å². The summed E-state index contributed by atoms with van der Waals surface area (Å²) in [4.78, 5) is 22.4. The molecule has 22 heavy (non-hydrogen) atoms. The Bertz CT molecular complexity index is 704. The normalized spacial score (nSPS) is 10.5. The van der Waals surface area contributed by atoms with Crippen molar-refractivity contribution < 1.29 is 19.6 Å². The number of nitro benzene ring substituents is 1. The molecule has 0 aliphatic rings. The number of aliphatic hydroxyl groups is 1. The van der Waals surface area contributed by atoms with Gasteiger partial charge in [-0.05, 0) is 28.3 Å². The molecule has 2 aromatic rings. The highest BCUT2D eigenvalue weighted by Crippen LogP contribution is 2.31. The van der Waals surface area contributed by atoms with Crippen molar-refractivity contribution in [2.75, 3.05) is 13.7 Å². The Morgan fingerprint density at radius 2 is 2.32 bits per heavy atom. The van der Waals surface area contributed by atoms with Crippen molar-refractivity contribution >= 4 is 23.4 Å². The van der Waals surface area contributed by atoms with Crippen LogP contribution >= 0.6 is 11.8 Å². The van der Waals surface area contributed by atoms with Crippen LogP contribution in [-0.2, 0) is 11.3 Å². The lowest BCUT2D eigenvalue weighted by molar-refractivity contribution is -0.384. The minimum Gasteiger partial charge on any atom is -0.465 e. The second kappa shape index (κ2) is 6.95. The zero-order valence-electron chi connectivity index (χ0n) is 11.4. The summed E-state index contributed by atoms with van der Waals surface area (Å²) in [5, 5.41) is 31.0. The SMILES string of the molecule is COC(=O)c1cc([N+](=O)[O-])ccc1Sc1nnnn1CCO. The van der Waals surface area contributed by atoms with E-state index in [1.54, 1.807) is 0 Å². The number of nitrogens with zero attached hydrogens (tertiary/aromatic N) is 5. The molecular weight excluding hydrogens is 314 g/mol. The average Bonchev–Trinajstić information content (AvgIpc) is 2.94. The van der Waals surface area contributed by atoms with E-state index in [-0.39, 0.29) is 24.4 Å². The number of aliphatic hydroxyl groups excluding tert-OH is 1. The van der Waals surface area contributed by atoms with Gasteiger partial charge in [-0.1, -0.05) is 0 Å². The van der Waals surface area contributed by atoms with Crippen molar-refractivity contribution in [1.82, 2.24) is 20.2 Å². The standard InChI is InChI=1S/C11H11N5O5S/c1-21-10(18)8-6-7(16(19)20)2-3-9(8)22-11-12-13-14-15(11)4-5-17/h2-3,6,17H,4-5H2,1H3. The second-order valence-corrected chi connectivity index (χ2v) is 4.95. The predicted octanol–water partition coefficient (Wildman–Crippen LogP) is 0.511. The first-order valence-electron chi connectivity index (χ1n) is 5.98. The lowest BCUT2D eigenvalue weighted by Gasteiger charge is -2.07. The molecule has 1 N–H and O–H groups in total. The fraction of sp³-hybridized carbons (Fsp3) is 0.273. The van der Waals surface area contributed by atoms with E-state index < -0.39 is 10.9 Å². The molecule has 10 nitrogen and oxygen atoms in total. The van der Waals surface area contributed by atoms with Gasteiger partial charge >= 0.3 is 5.97 Å². The van der Waals surface area contributed by atoms with E-state index in [2.05, 4.69) is 20.3 Å². The van der Waals surface area contributed by atoms with Crippen LogP contribution in [0.25, 0.3) is 0 Å². The van der Waals surface area contributed by atoms with Crippen LogP contribution in [0.2, 0.25) is 0 Å². The Kier molecular flexibility index (Phi) is 5.01. The number of carbonyl (C=O) groups excluding carboxylic acids is 1. The largest absolute Gasteiger partial charge is 0.465 e. The molecular formula is C11H11N5O5S. The number of hydrogen-bond acceptors (Lipinski definition) is 9. The summed E-state index contributed by atoms with van der Waals surface area (Å²) in [6, 6.07) is 3.83. The lowest BCUT2D eigenvalue weighted by Crippen LogP contribution is -2.07. The van der Waals surface area contributed by atoms with Gasteiger partial charge in [0, 0.05) is 17.0 Å². The summed E-state index contributed by atoms with van der Waals surface area (Å²) in [7, 11) is 1.19. The first-order chi connectivity index (χ1) is 10.6. The molecule has 11 heteroatoms. The van der Waals surface area contributed by atoms with E-state index >= 15 is 0 Å². The molecule has 1 aromatic carbocycles. The Morgan fingerprint density at radius 1 is 1.55 bits per heavy atom. The molecule has 2 rings (SSSR count). The van der Waals surface area contributed by atoms with E-state index in [9.17, 15) is 14.9 Å². The van der Waals surface area contributed by atoms with Crippen LogP contribution in [0.1, 0.15) is 10.4 Å². The maximum absolute atomic E-state index is 11.8. The van der Waals surface area contributed by atoms with Crippen LogP contribution in [0, 0.1) is 10.1 Å². The highest BCUT2D eigenvalue weighted by atomic mass is 32.2. The number of non-ortho nitro benzene ring substituents is 1. The monoisotopic (exact) mass is 325 g/mol. The van der Waals surface area contributed by atoms with E-state index in [4.69, 9.17) is 5.11 Å². The molecule has 0 saturated carbocycles. The zero-order chi connectivity index (χ0) is 16.1. The summed E-state index contributed by atoms with van der Waals surface area (Å²) in [5.74, 6) is -0.701. The fourth-order valence-corrected chi connectivity index (χ4v) is 2.49. The van der Waals surface area contributed by atoms with Crippen LogP contribution < -0.4 is 0 Å². The summed E-state index contributed by atoms with van der Waals surface area (Å²) in [5.41, 5.74) is -0.181. The highest BCUT2D eigenvalue weighted by molar-refractivity contribution is 7.99. The Morgan fingerprint density at radius 3 is 2.95 bits per heavy atom. The first-order valence-corrected chi connectivity index (χ1v) is 6.80. The molecule has 0 spiro atoms. The van der Waals surface area contributed by atoms with E-state index in [1.807, 2.05) is 0 Å². The Balaban J connectivity index is 2.39. The van der Waals surface area contributed by atoms with Gasteiger partial charge in [-0.25, -0.2) is 9.48 Å². The predicted molar refractivity (Wildman–Crippen MR) is 73.5 cm³/mol. The minimum absolute atomic E-state index is 0.0419. The number of ether oxygens (including phenoxy) is 1. The Labute approximate surface area is 128 Å². The summed E-state index contributed by atoms with van der Waals surface area (Å²) >= 11 is 1.04. The second-order valence-electron chi connectivity index (χ2n) is 3.94. The van der Waals surface area contributed by atoms with Gasteiger partial charge in [0.15, 0.2) is 0 Å². The minimum atomic E-state index is -0.701. The number of esters is 1. The average molecular weight is 325 g/mol. The van der Waals surface area contributed by atoms with Crippen LogP contribution in [0.15, 0.2) is 28.3 Å². The molecule has 0 aliphatic carbocycles. The molecule has 0 unspecified atom stereocenters. The number of tetrazole rings is 1. The molecule has 0 radical (unpaired) electrons. The van der Waals surface area contributed by atoms with Gasteiger partial charge in [-0.3, -0.25) is 10.1 Å². The van der Waals surface area contributed by atoms with E-state index in [0.29, 0.717) is 10.1 Å². The number of carbonyl (C=O) groups is 1. The fourth-order valence-electron chi connectivity index (χ4n) is 1.59. The van der Waals surface area contributed by atoms with Gasteiger partial charge in [0.25, 0.3) is 5.69 Å². The van der Waals surface area contributed by atoms with Gasteiger partial charge in [0.05, 0.1) is 30.7 Å². The van der Waals surface area contributed by atoms with E-state index in [0.717, 1.165) is 17.8 Å². The number of methoxy groups -OCH3 is 1. The number of nitro groups is 1. The van der Waals surface area contributed by atoms with Crippen LogP contribution in [0.3, 0.4) is 0 Å². The number of aromatic nitrogens is 4. The van der Waals surface area contributed by atoms with Crippen molar-refractivity contribution in [3.05, 3.63) is 33.9 Å². The van der Waals surface area contributed by atoms with Crippen molar-refractivity contribution in [2.45, 2.75) is 16.6 Å². The molecule has 0 saturated heterocycles. The molecule has 116 valence electrons. The molecule has 1 heterocycles. The van der Waals surface area contributed by atoms with Crippen molar-refractivity contribution in [1.29, 1.82) is 0 Å². The molecule has 0 aliphatic heterocycles. The number of rotatable bonds is 6. The third-order valence-electron chi connectivity index (χ3n) is 2.59. The first kappa shape index (κ1) is 15.9. The molecule has 0 atom stereocenters. The maximum Gasteiger partial charge on any atom is 0.339 e. The smallest absolute Gasteiger partial charge is 0.339 e. The molecule has 0 fully saturated rings. The molecule has 1 aromatic heterocycles. The number of hydrogen-bond donors (Lipinski definition) is 1. The molecule has 0 bridgehead atoms. The van der Waals surface area contributed by atoms with Crippen LogP contribution in [0.4, 0.5) is 5.69 Å². The van der Waals surface area contributed by atoms with Crippen LogP contribution in [-0.4, -0.2) is 49.9 Å². The maximum atomic E-state index is 11.8. The van der Waals surface area contributed by atoms with Crippen molar-refractivity contribution in [3.63, 3.8) is 0 Å². The topological polar surface area (TPSA) is 133 Å². The quantitative estimate of drug-likeness (QED) is 0.458. The van der Waals surface area contributed by atoms with Crippen LogP contribution in [0.5, 0.6) is 0 Å². The summed E-state index contributed by atoms with van der Waals surface area (Å²) in [6.07, 6.45) is 0. The number of benzene rings is 1. The summed E-state index contributed by atoms with van der Waals surface area (Å²) < 4.78 is 5.99. The molecule has 0 amide bonds. The lowest BCUT2D eigenvalue weighted by atomic mass is 10.2.